The molecule has 3 unspecified atom stereocenters. The number of fused-ring (bicyclic) bond motifs is 2. The Labute approximate surface area is 174 Å². The molecule has 0 spiro atoms. The van der Waals surface area contributed by atoms with Crippen molar-refractivity contribution in [2.75, 3.05) is 10.2 Å². The van der Waals surface area contributed by atoms with Crippen molar-refractivity contribution in [1.29, 1.82) is 0 Å². The van der Waals surface area contributed by atoms with Crippen LogP contribution in [0.25, 0.3) is 11.4 Å². The molecule has 2 saturated heterocycles. The molecule has 5 rings (SSSR count). The van der Waals surface area contributed by atoms with E-state index in [1.54, 1.807) is 6.20 Å². The number of anilines is 2. The molecule has 2 fully saturated rings. The van der Waals surface area contributed by atoms with Gasteiger partial charge in [-0.25, -0.2) is 19.3 Å². The number of carbonyl (C=O) groups excluding carboxylic acids is 1. The van der Waals surface area contributed by atoms with Crippen molar-refractivity contribution in [3.63, 3.8) is 0 Å². The topological polar surface area (TPSA) is 71.0 Å². The molecule has 7 heteroatoms. The van der Waals surface area contributed by atoms with Crippen LogP contribution in [-0.4, -0.2) is 32.9 Å². The van der Waals surface area contributed by atoms with Gasteiger partial charge in [-0.15, -0.1) is 0 Å². The Morgan fingerprint density at radius 1 is 1.13 bits per heavy atom. The van der Waals surface area contributed by atoms with Gasteiger partial charge in [0.15, 0.2) is 11.6 Å². The number of amides is 1. The van der Waals surface area contributed by atoms with Crippen molar-refractivity contribution < 1.29 is 9.18 Å². The Hall–Kier alpha value is -3.35. The van der Waals surface area contributed by atoms with E-state index in [4.69, 9.17) is 0 Å². The van der Waals surface area contributed by atoms with Gasteiger partial charge in [-0.2, -0.15) is 0 Å². The standard InChI is InChI=1S/C23H22FN5O/c1-14-5-6-16(10-18(14)22-26-12-15(24)13-27-22)28-23(30)19-11-17-7-8-20(19)29(17)21-4-2-3-9-25-21/h2-6,9-10,12-13,17,19-20H,7-8,11H2,1H3,(H,28,30). The summed E-state index contributed by atoms with van der Waals surface area (Å²) < 4.78 is 13.2. The third-order valence-corrected chi connectivity index (χ3v) is 6.15. The van der Waals surface area contributed by atoms with Crippen molar-refractivity contribution in [3.05, 3.63) is 66.4 Å². The van der Waals surface area contributed by atoms with Crippen molar-refractivity contribution >= 4 is 17.4 Å². The van der Waals surface area contributed by atoms with Crippen molar-refractivity contribution in [2.45, 2.75) is 38.3 Å². The molecule has 0 radical (unpaired) electrons. The number of pyridine rings is 1. The lowest BCUT2D eigenvalue weighted by atomic mass is 9.88. The van der Waals surface area contributed by atoms with Crippen LogP contribution in [0.3, 0.4) is 0 Å². The summed E-state index contributed by atoms with van der Waals surface area (Å²) in [5.74, 6) is 0.864. The van der Waals surface area contributed by atoms with Gasteiger partial charge in [0.25, 0.3) is 0 Å². The predicted molar refractivity (Wildman–Crippen MR) is 112 cm³/mol. The largest absolute Gasteiger partial charge is 0.350 e. The van der Waals surface area contributed by atoms with Gasteiger partial charge in [0.2, 0.25) is 5.91 Å². The molecule has 0 aliphatic carbocycles. The van der Waals surface area contributed by atoms with Crippen LogP contribution in [0.2, 0.25) is 0 Å². The van der Waals surface area contributed by atoms with E-state index in [2.05, 4.69) is 25.2 Å². The van der Waals surface area contributed by atoms with Crippen LogP contribution >= 0.6 is 0 Å². The molecule has 2 aliphatic heterocycles. The number of hydrogen-bond acceptors (Lipinski definition) is 5. The molecular weight excluding hydrogens is 381 g/mol. The van der Waals surface area contributed by atoms with Gasteiger partial charge in [-0.05, 0) is 56.0 Å². The average Bonchev–Trinajstić information content (AvgIpc) is 3.35. The molecular formula is C23H22FN5O. The Kier molecular flexibility index (Phi) is 4.65. The predicted octanol–water partition coefficient (Wildman–Crippen LogP) is 3.98. The number of rotatable bonds is 4. The first-order valence-corrected chi connectivity index (χ1v) is 10.2. The van der Waals surface area contributed by atoms with Crippen LogP contribution in [-0.2, 0) is 4.79 Å². The molecule has 0 saturated carbocycles. The van der Waals surface area contributed by atoms with Gasteiger partial charge in [0.05, 0.1) is 18.3 Å². The molecule has 1 amide bonds. The minimum Gasteiger partial charge on any atom is -0.350 e. The van der Waals surface area contributed by atoms with Crippen molar-refractivity contribution in [3.8, 4) is 11.4 Å². The molecule has 30 heavy (non-hydrogen) atoms. The molecule has 152 valence electrons. The molecule has 6 nitrogen and oxygen atoms in total. The number of benzene rings is 1. The molecule has 3 aromatic rings. The second kappa shape index (κ2) is 7.48. The zero-order valence-corrected chi connectivity index (χ0v) is 16.6. The summed E-state index contributed by atoms with van der Waals surface area (Å²) in [6.45, 7) is 1.94. The quantitative estimate of drug-likeness (QED) is 0.713. The summed E-state index contributed by atoms with van der Waals surface area (Å²) >= 11 is 0. The second-order valence-electron chi connectivity index (χ2n) is 7.98. The van der Waals surface area contributed by atoms with Crippen LogP contribution in [0.1, 0.15) is 24.8 Å². The molecule has 2 aliphatic rings. The fraction of sp³-hybridized carbons (Fsp3) is 0.304. The lowest BCUT2D eigenvalue weighted by Gasteiger charge is -2.25. The minimum absolute atomic E-state index is 0.0259. The van der Waals surface area contributed by atoms with E-state index in [1.807, 2.05) is 43.3 Å². The zero-order chi connectivity index (χ0) is 20.7. The fourth-order valence-corrected chi connectivity index (χ4v) is 4.76. The number of halogens is 1. The highest BCUT2D eigenvalue weighted by Crippen LogP contribution is 2.44. The van der Waals surface area contributed by atoms with Gasteiger partial charge in [-0.1, -0.05) is 12.1 Å². The number of carbonyl (C=O) groups is 1. The third-order valence-electron chi connectivity index (χ3n) is 6.15. The maximum Gasteiger partial charge on any atom is 0.229 e. The second-order valence-corrected chi connectivity index (χ2v) is 7.98. The summed E-state index contributed by atoms with van der Waals surface area (Å²) in [5.41, 5.74) is 2.43. The number of hydrogen-bond donors (Lipinski definition) is 1. The Bertz CT molecular complexity index is 1070. The highest BCUT2D eigenvalue weighted by molar-refractivity contribution is 5.94. The molecule has 3 atom stereocenters. The first-order chi connectivity index (χ1) is 14.6. The van der Waals surface area contributed by atoms with Crippen molar-refractivity contribution in [2.24, 2.45) is 5.92 Å². The number of nitrogens with one attached hydrogen (secondary N) is 1. The van der Waals surface area contributed by atoms with E-state index in [-0.39, 0.29) is 17.9 Å². The summed E-state index contributed by atoms with van der Waals surface area (Å²) in [6, 6.07) is 12.1. The van der Waals surface area contributed by atoms with Gasteiger partial charge in [-0.3, -0.25) is 4.79 Å². The van der Waals surface area contributed by atoms with Crippen LogP contribution in [0.4, 0.5) is 15.9 Å². The van der Waals surface area contributed by atoms with Crippen LogP contribution < -0.4 is 10.2 Å². The molecule has 2 aromatic heterocycles. The summed E-state index contributed by atoms with van der Waals surface area (Å²) in [6.07, 6.45) is 7.03. The fourth-order valence-electron chi connectivity index (χ4n) is 4.76. The van der Waals surface area contributed by atoms with Gasteiger partial charge in [0, 0.05) is 29.5 Å². The summed E-state index contributed by atoms with van der Waals surface area (Å²) in [4.78, 5) is 28.1. The van der Waals surface area contributed by atoms with E-state index in [9.17, 15) is 9.18 Å². The monoisotopic (exact) mass is 403 g/mol. The van der Waals surface area contributed by atoms with E-state index in [1.165, 1.54) is 0 Å². The highest BCUT2D eigenvalue weighted by Gasteiger charge is 2.49. The Morgan fingerprint density at radius 3 is 2.73 bits per heavy atom. The van der Waals surface area contributed by atoms with Crippen molar-refractivity contribution in [1.82, 2.24) is 15.0 Å². The maximum absolute atomic E-state index is 13.2. The van der Waals surface area contributed by atoms with Gasteiger partial charge >= 0.3 is 0 Å². The number of aromatic nitrogens is 3. The normalized spacial score (nSPS) is 22.3. The first kappa shape index (κ1) is 18.7. The minimum atomic E-state index is -0.477. The maximum atomic E-state index is 13.2. The number of aryl methyl sites for hydroxylation is 1. The van der Waals surface area contributed by atoms with Gasteiger partial charge in [0.1, 0.15) is 5.82 Å². The van der Waals surface area contributed by atoms with Crippen LogP contribution in [0.15, 0.2) is 55.0 Å². The van der Waals surface area contributed by atoms with E-state index in [0.29, 0.717) is 17.6 Å². The first-order valence-electron chi connectivity index (χ1n) is 10.2. The zero-order valence-electron chi connectivity index (χ0n) is 16.6. The van der Waals surface area contributed by atoms with E-state index >= 15 is 0 Å². The molecule has 2 bridgehead atoms. The molecule has 1 N–H and O–H groups in total. The van der Waals surface area contributed by atoms with E-state index < -0.39 is 5.82 Å². The van der Waals surface area contributed by atoms with Crippen LogP contribution in [0.5, 0.6) is 0 Å². The Balaban J connectivity index is 1.35. The SMILES string of the molecule is Cc1ccc(NC(=O)C2CC3CCC2N3c2ccccn2)cc1-c1ncc(F)cn1. The number of nitrogens with zero attached hydrogens (tertiary/aromatic N) is 4. The third kappa shape index (κ3) is 3.30. The Morgan fingerprint density at radius 2 is 1.97 bits per heavy atom. The lowest BCUT2D eigenvalue weighted by molar-refractivity contribution is -0.120. The summed E-state index contributed by atoms with van der Waals surface area (Å²) in [5, 5.41) is 3.07. The average molecular weight is 403 g/mol. The highest BCUT2D eigenvalue weighted by atomic mass is 19.1. The van der Waals surface area contributed by atoms with Gasteiger partial charge < -0.3 is 10.2 Å². The molecule has 1 aromatic carbocycles. The van der Waals surface area contributed by atoms with E-state index in [0.717, 1.165) is 48.6 Å². The summed E-state index contributed by atoms with van der Waals surface area (Å²) in [7, 11) is 0. The molecule has 4 heterocycles. The van der Waals surface area contributed by atoms with Crippen LogP contribution in [0, 0.1) is 18.7 Å². The lowest BCUT2D eigenvalue weighted by Crippen LogP contribution is -2.35. The smallest absolute Gasteiger partial charge is 0.229 e.